The van der Waals surface area contributed by atoms with Gasteiger partial charge < -0.3 is 10.6 Å². The molecule has 2 rings (SSSR count). The number of aromatic nitrogens is 1. The van der Waals surface area contributed by atoms with Gasteiger partial charge in [0.15, 0.2) is 17.5 Å². The molecule has 2 aromatic rings. The summed E-state index contributed by atoms with van der Waals surface area (Å²) < 4.78 is 39.1. The molecule has 1 aromatic carbocycles. The van der Waals surface area contributed by atoms with Crippen molar-refractivity contribution in [1.29, 1.82) is 0 Å². The maximum absolute atomic E-state index is 13.4. The summed E-state index contributed by atoms with van der Waals surface area (Å²) in [5.74, 6) is -5.89. The van der Waals surface area contributed by atoms with Gasteiger partial charge in [-0.1, -0.05) is 0 Å². The SMILES string of the molecule is O=C(CNC(=O)c1cccnc1)Nc1ccc(F)c(F)c1F. The van der Waals surface area contributed by atoms with Gasteiger partial charge in [-0.3, -0.25) is 14.6 Å². The Balaban J connectivity index is 1.94. The Hall–Kier alpha value is -2.90. The molecule has 0 aliphatic carbocycles. The number of pyridine rings is 1. The van der Waals surface area contributed by atoms with E-state index in [2.05, 4.69) is 10.3 Å². The summed E-state index contributed by atoms with van der Waals surface area (Å²) in [6.45, 7) is -0.466. The van der Waals surface area contributed by atoms with Gasteiger partial charge in [-0.2, -0.15) is 0 Å². The minimum Gasteiger partial charge on any atom is -0.343 e. The Morgan fingerprint density at radius 2 is 1.86 bits per heavy atom. The lowest BCUT2D eigenvalue weighted by molar-refractivity contribution is -0.115. The Bertz CT molecular complexity index is 708. The molecule has 0 aliphatic heterocycles. The van der Waals surface area contributed by atoms with Crippen molar-refractivity contribution >= 4 is 17.5 Å². The Kier molecular flexibility index (Phi) is 4.72. The lowest BCUT2D eigenvalue weighted by Crippen LogP contribution is -2.33. The second-order valence-electron chi connectivity index (χ2n) is 4.20. The van der Waals surface area contributed by atoms with Crippen LogP contribution in [0.25, 0.3) is 0 Å². The summed E-state index contributed by atoms with van der Waals surface area (Å²) in [7, 11) is 0. The number of halogens is 3. The highest BCUT2D eigenvalue weighted by Gasteiger charge is 2.15. The highest BCUT2D eigenvalue weighted by molar-refractivity contribution is 5.99. The normalized spacial score (nSPS) is 10.1. The van der Waals surface area contributed by atoms with Gasteiger partial charge in [0.05, 0.1) is 17.8 Å². The third kappa shape index (κ3) is 3.60. The molecule has 0 fully saturated rings. The van der Waals surface area contributed by atoms with Crippen LogP contribution in [0.5, 0.6) is 0 Å². The number of benzene rings is 1. The third-order valence-electron chi connectivity index (χ3n) is 2.64. The highest BCUT2D eigenvalue weighted by Crippen LogP contribution is 2.19. The van der Waals surface area contributed by atoms with Crippen molar-refractivity contribution in [2.75, 3.05) is 11.9 Å². The first-order chi connectivity index (χ1) is 10.5. The minimum absolute atomic E-state index is 0.245. The summed E-state index contributed by atoms with van der Waals surface area (Å²) >= 11 is 0. The number of rotatable bonds is 4. The number of amides is 2. The van der Waals surface area contributed by atoms with E-state index in [4.69, 9.17) is 0 Å². The molecule has 114 valence electrons. The number of hydrogen-bond donors (Lipinski definition) is 2. The quantitative estimate of drug-likeness (QED) is 0.847. The van der Waals surface area contributed by atoms with Crippen molar-refractivity contribution in [1.82, 2.24) is 10.3 Å². The van der Waals surface area contributed by atoms with E-state index < -0.39 is 41.5 Å². The fourth-order valence-corrected chi connectivity index (χ4v) is 1.58. The summed E-state index contributed by atoms with van der Waals surface area (Å²) in [6, 6.07) is 4.61. The molecule has 0 saturated carbocycles. The molecule has 22 heavy (non-hydrogen) atoms. The molecule has 1 aromatic heterocycles. The highest BCUT2D eigenvalue weighted by atomic mass is 19.2. The second-order valence-corrected chi connectivity index (χ2v) is 4.20. The van der Waals surface area contributed by atoms with Crippen LogP contribution >= 0.6 is 0 Å². The van der Waals surface area contributed by atoms with Crippen molar-refractivity contribution in [3.05, 3.63) is 59.7 Å². The van der Waals surface area contributed by atoms with E-state index in [0.29, 0.717) is 6.07 Å². The van der Waals surface area contributed by atoms with Gasteiger partial charge in [-0.15, -0.1) is 0 Å². The molecule has 8 heteroatoms. The second kappa shape index (κ2) is 6.70. The van der Waals surface area contributed by atoms with Crippen LogP contribution in [-0.2, 0) is 4.79 Å². The maximum atomic E-state index is 13.4. The molecular weight excluding hydrogens is 299 g/mol. The number of carbonyl (C=O) groups excluding carboxylic acids is 2. The zero-order valence-corrected chi connectivity index (χ0v) is 11.1. The standard InChI is InChI=1S/C14H10F3N3O2/c15-9-3-4-10(13(17)12(9)16)20-11(21)7-19-14(22)8-2-1-5-18-6-8/h1-6H,7H2,(H,19,22)(H,20,21). The molecule has 0 radical (unpaired) electrons. The lowest BCUT2D eigenvalue weighted by Gasteiger charge is -2.08. The first-order valence-electron chi connectivity index (χ1n) is 6.10. The number of nitrogens with zero attached hydrogens (tertiary/aromatic N) is 1. The smallest absolute Gasteiger partial charge is 0.253 e. The molecule has 2 N–H and O–H groups in total. The van der Waals surface area contributed by atoms with Crippen molar-refractivity contribution in [2.24, 2.45) is 0 Å². The van der Waals surface area contributed by atoms with Gasteiger partial charge in [0.2, 0.25) is 5.91 Å². The van der Waals surface area contributed by atoms with E-state index in [1.54, 1.807) is 6.07 Å². The molecule has 0 saturated heterocycles. The predicted molar refractivity (Wildman–Crippen MR) is 71.5 cm³/mol. The molecule has 0 spiro atoms. The van der Waals surface area contributed by atoms with Crippen molar-refractivity contribution in [3.63, 3.8) is 0 Å². The van der Waals surface area contributed by atoms with Crippen LogP contribution in [-0.4, -0.2) is 23.3 Å². The molecule has 1 heterocycles. The minimum atomic E-state index is -1.68. The molecule has 0 bridgehead atoms. The summed E-state index contributed by atoms with van der Waals surface area (Å²) in [6.07, 6.45) is 2.79. The average Bonchev–Trinajstić information content (AvgIpc) is 2.54. The molecule has 0 atom stereocenters. The number of carbonyl (C=O) groups is 2. The van der Waals surface area contributed by atoms with Crippen LogP contribution in [0, 0.1) is 17.5 Å². The van der Waals surface area contributed by atoms with Crippen molar-refractivity contribution < 1.29 is 22.8 Å². The number of nitrogens with one attached hydrogen (secondary N) is 2. The topological polar surface area (TPSA) is 71.1 Å². The number of hydrogen-bond acceptors (Lipinski definition) is 3. The molecule has 0 aliphatic rings. The van der Waals surface area contributed by atoms with Crippen LogP contribution in [0.3, 0.4) is 0 Å². The Morgan fingerprint density at radius 1 is 1.09 bits per heavy atom. The molecule has 5 nitrogen and oxygen atoms in total. The average molecular weight is 309 g/mol. The Morgan fingerprint density at radius 3 is 2.55 bits per heavy atom. The van der Waals surface area contributed by atoms with Gasteiger partial charge in [-0.05, 0) is 24.3 Å². The predicted octanol–water partition coefficient (Wildman–Crippen LogP) is 1.87. The van der Waals surface area contributed by atoms with Crippen molar-refractivity contribution in [2.45, 2.75) is 0 Å². The van der Waals surface area contributed by atoms with Crippen LogP contribution in [0.2, 0.25) is 0 Å². The van der Waals surface area contributed by atoms with E-state index in [-0.39, 0.29) is 5.56 Å². The zero-order chi connectivity index (χ0) is 16.1. The first-order valence-corrected chi connectivity index (χ1v) is 6.10. The molecular formula is C14H10F3N3O2. The maximum Gasteiger partial charge on any atom is 0.253 e. The lowest BCUT2D eigenvalue weighted by atomic mass is 10.2. The molecule has 2 amide bonds. The monoisotopic (exact) mass is 309 g/mol. The summed E-state index contributed by atoms with van der Waals surface area (Å²) in [5, 5.41) is 4.32. The van der Waals surface area contributed by atoms with E-state index in [1.807, 2.05) is 5.32 Å². The summed E-state index contributed by atoms with van der Waals surface area (Å²) in [5.41, 5.74) is -0.270. The van der Waals surface area contributed by atoms with E-state index in [1.165, 1.54) is 18.5 Å². The summed E-state index contributed by atoms with van der Waals surface area (Å²) in [4.78, 5) is 27.0. The third-order valence-corrected chi connectivity index (χ3v) is 2.64. The van der Waals surface area contributed by atoms with Crippen LogP contribution in [0.15, 0.2) is 36.7 Å². The Labute approximate surface area is 123 Å². The van der Waals surface area contributed by atoms with Crippen LogP contribution in [0.1, 0.15) is 10.4 Å². The number of anilines is 1. The van der Waals surface area contributed by atoms with Gasteiger partial charge >= 0.3 is 0 Å². The fourth-order valence-electron chi connectivity index (χ4n) is 1.58. The van der Waals surface area contributed by atoms with Gasteiger partial charge in [0.25, 0.3) is 5.91 Å². The van der Waals surface area contributed by atoms with Gasteiger partial charge in [0.1, 0.15) is 0 Å². The van der Waals surface area contributed by atoms with Gasteiger partial charge in [0, 0.05) is 12.4 Å². The van der Waals surface area contributed by atoms with E-state index in [9.17, 15) is 22.8 Å². The zero-order valence-electron chi connectivity index (χ0n) is 11.1. The fraction of sp³-hybridized carbons (Fsp3) is 0.0714. The van der Waals surface area contributed by atoms with Crippen LogP contribution < -0.4 is 10.6 Å². The first kappa shape index (κ1) is 15.5. The molecule has 0 unspecified atom stereocenters. The van der Waals surface area contributed by atoms with Crippen LogP contribution in [0.4, 0.5) is 18.9 Å². The largest absolute Gasteiger partial charge is 0.343 e. The van der Waals surface area contributed by atoms with E-state index >= 15 is 0 Å². The van der Waals surface area contributed by atoms with E-state index in [0.717, 1.165) is 6.07 Å². The van der Waals surface area contributed by atoms with Gasteiger partial charge in [-0.25, -0.2) is 13.2 Å². The van der Waals surface area contributed by atoms with Crippen molar-refractivity contribution in [3.8, 4) is 0 Å².